The molecule has 0 saturated heterocycles. The number of ether oxygens (including phenoxy) is 2. The van der Waals surface area contributed by atoms with E-state index >= 15 is 0 Å². The lowest BCUT2D eigenvalue weighted by atomic mass is 10.1. The first-order valence-electron chi connectivity index (χ1n) is 7.06. The van der Waals surface area contributed by atoms with Crippen molar-refractivity contribution in [1.82, 2.24) is 0 Å². The maximum absolute atomic E-state index is 13.2. The molecule has 21 heavy (non-hydrogen) atoms. The lowest BCUT2D eigenvalue weighted by molar-refractivity contribution is 0.255. The normalized spacial score (nSPS) is 12.0. The molecule has 0 saturated carbocycles. The van der Waals surface area contributed by atoms with Crippen molar-refractivity contribution in [2.24, 2.45) is 5.73 Å². The van der Waals surface area contributed by atoms with Crippen LogP contribution in [-0.4, -0.2) is 13.2 Å². The van der Waals surface area contributed by atoms with E-state index in [9.17, 15) is 4.39 Å². The number of nitrogens with two attached hydrogens (primary N) is 1. The van der Waals surface area contributed by atoms with Crippen LogP contribution in [0, 0.1) is 5.82 Å². The van der Waals surface area contributed by atoms with Gasteiger partial charge in [0, 0.05) is 0 Å². The first kappa shape index (κ1) is 15.3. The van der Waals surface area contributed by atoms with E-state index in [4.69, 9.17) is 15.2 Å². The molecule has 1 atom stereocenters. The highest BCUT2D eigenvalue weighted by Crippen LogP contribution is 2.27. The first-order chi connectivity index (χ1) is 10.2. The Morgan fingerprint density at radius 2 is 1.76 bits per heavy atom. The molecule has 3 nitrogen and oxygen atoms in total. The van der Waals surface area contributed by atoms with E-state index in [-0.39, 0.29) is 18.5 Å². The van der Waals surface area contributed by atoms with Crippen LogP contribution in [0.25, 0.3) is 0 Å². The Morgan fingerprint density at radius 3 is 2.43 bits per heavy atom. The molecule has 0 bridgehead atoms. The van der Waals surface area contributed by atoms with E-state index in [0.717, 1.165) is 6.42 Å². The Bertz CT molecular complexity index is 574. The molecule has 0 aliphatic heterocycles. The number of para-hydroxylation sites is 2. The SMILES string of the molecule is CCCOc1ccccc1OCC(N)c1cccc(F)c1. The standard InChI is InChI=1S/C17H20FNO2/c1-2-10-20-16-8-3-4-9-17(16)21-12-15(19)13-6-5-7-14(18)11-13/h3-9,11,15H,2,10,12,19H2,1H3. The Labute approximate surface area is 124 Å². The highest BCUT2D eigenvalue weighted by atomic mass is 19.1. The Balaban J connectivity index is 1.99. The molecule has 0 heterocycles. The third-order valence-electron chi connectivity index (χ3n) is 3.01. The largest absolute Gasteiger partial charge is 0.490 e. The van der Waals surface area contributed by atoms with E-state index < -0.39 is 0 Å². The van der Waals surface area contributed by atoms with Gasteiger partial charge in [0.05, 0.1) is 12.6 Å². The summed E-state index contributed by atoms with van der Waals surface area (Å²) in [6.45, 7) is 2.94. The molecule has 4 heteroatoms. The molecular weight excluding hydrogens is 269 g/mol. The van der Waals surface area contributed by atoms with Crippen LogP contribution in [0.3, 0.4) is 0 Å². The molecule has 112 valence electrons. The molecule has 2 aromatic rings. The summed E-state index contributed by atoms with van der Waals surface area (Å²) >= 11 is 0. The lowest BCUT2D eigenvalue weighted by Crippen LogP contribution is -2.19. The van der Waals surface area contributed by atoms with Gasteiger partial charge in [-0.2, -0.15) is 0 Å². The van der Waals surface area contributed by atoms with Crippen molar-refractivity contribution in [2.45, 2.75) is 19.4 Å². The smallest absolute Gasteiger partial charge is 0.161 e. The third-order valence-corrected chi connectivity index (χ3v) is 3.01. The van der Waals surface area contributed by atoms with Gasteiger partial charge in [-0.05, 0) is 36.2 Å². The second-order valence-electron chi connectivity index (χ2n) is 4.77. The minimum absolute atomic E-state index is 0.260. The molecule has 0 radical (unpaired) electrons. The van der Waals surface area contributed by atoms with Gasteiger partial charge in [0.25, 0.3) is 0 Å². The Hall–Kier alpha value is -2.07. The van der Waals surface area contributed by atoms with Crippen LogP contribution in [0.1, 0.15) is 24.9 Å². The molecule has 2 aromatic carbocycles. The monoisotopic (exact) mass is 289 g/mol. The van der Waals surface area contributed by atoms with Crippen molar-refractivity contribution in [2.75, 3.05) is 13.2 Å². The maximum atomic E-state index is 13.2. The summed E-state index contributed by atoms with van der Waals surface area (Å²) in [7, 11) is 0. The van der Waals surface area contributed by atoms with Crippen LogP contribution in [0.2, 0.25) is 0 Å². The summed E-state index contributed by atoms with van der Waals surface area (Å²) in [4.78, 5) is 0. The van der Waals surface area contributed by atoms with Crippen molar-refractivity contribution < 1.29 is 13.9 Å². The molecule has 2 rings (SSSR count). The fraction of sp³-hybridized carbons (Fsp3) is 0.294. The predicted molar refractivity (Wildman–Crippen MR) is 81.1 cm³/mol. The van der Waals surface area contributed by atoms with E-state index in [1.807, 2.05) is 31.2 Å². The number of hydrogen-bond acceptors (Lipinski definition) is 3. The zero-order valence-corrected chi connectivity index (χ0v) is 12.1. The minimum atomic E-state index is -0.389. The van der Waals surface area contributed by atoms with E-state index in [1.54, 1.807) is 12.1 Å². The molecule has 0 aliphatic rings. The van der Waals surface area contributed by atoms with Gasteiger partial charge in [0.15, 0.2) is 11.5 Å². The topological polar surface area (TPSA) is 44.5 Å². The maximum Gasteiger partial charge on any atom is 0.161 e. The highest BCUT2D eigenvalue weighted by molar-refractivity contribution is 5.39. The molecule has 0 aromatic heterocycles. The van der Waals surface area contributed by atoms with Gasteiger partial charge >= 0.3 is 0 Å². The second-order valence-corrected chi connectivity index (χ2v) is 4.77. The second kappa shape index (κ2) is 7.64. The molecule has 0 spiro atoms. The third kappa shape index (κ3) is 4.46. The van der Waals surface area contributed by atoms with E-state index in [1.165, 1.54) is 12.1 Å². The van der Waals surface area contributed by atoms with E-state index in [0.29, 0.717) is 23.7 Å². The van der Waals surface area contributed by atoms with Gasteiger partial charge in [-0.25, -0.2) is 4.39 Å². The average molecular weight is 289 g/mol. The summed E-state index contributed by atoms with van der Waals surface area (Å²) in [5, 5.41) is 0. The fourth-order valence-corrected chi connectivity index (χ4v) is 1.91. The van der Waals surface area contributed by atoms with Gasteiger partial charge in [0.2, 0.25) is 0 Å². The van der Waals surface area contributed by atoms with Crippen molar-refractivity contribution in [3.63, 3.8) is 0 Å². The van der Waals surface area contributed by atoms with Crippen molar-refractivity contribution in [3.8, 4) is 11.5 Å². The number of benzene rings is 2. The predicted octanol–water partition coefficient (Wildman–Crippen LogP) is 3.69. The first-order valence-corrected chi connectivity index (χ1v) is 7.06. The fourth-order valence-electron chi connectivity index (χ4n) is 1.91. The number of hydrogen-bond donors (Lipinski definition) is 1. The minimum Gasteiger partial charge on any atom is -0.490 e. The van der Waals surface area contributed by atoms with Crippen LogP contribution in [-0.2, 0) is 0 Å². The lowest BCUT2D eigenvalue weighted by Gasteiger charge is -2.16. The molecule has 2 N–H and O–H groups in total. The molecule has 0 amide bonds. The van der Waals surface area contributed by atoms with Crippen molar-refractivity contribution in [3.05, 3.63) is 59.9 Å². The van der Waals surface area contributed by atoms with Gasteiger partial charge < -0.3 is 15.2 Å². The molecule has 0 aliphatic carbocycles. The van der Waals surface area contributed by atoms with Gasteiger partial charge in [-0.3, -0.25) is 0 Å². The Morgan fingerprint density at radius 1 is 1.05 bits per heavy atom. The number of halogens is 1. The van der Waals surface area contributed by atoms with Crippen molar-refractivity contribution in [1.29, 1.82) is 0 Å². The summed E-state index contributed by atoms with van der Waals surface area (Å²) in [6.07, 6.45) is 0.928. The zero-order valence-electron chi connectivity index (χ0n) is 12.1. The van der Waals surface area contributed by atoms with Crippen LogP contribution in [0.5, 0.6) is 11.5 Å². The van der Waals surface area contributed by atoms with Crippen LogP contribution < -0.4 is 15.2 Å². The summed E-state index contributed by atoms with van der Waals surface area (Å²) < 4.78 is 24.5. The van der Waals surface area contributed by atoms with Gasteiger partial charge in [-0.1, -0.05) is 31.2 Å². The van der Waals surface area contributed by atoms with Crippen LogP contribution in [0.4, 0.5) is 4.39 Å². The molecular formula is C17H20FNO2. The molecule has 0 fully saturated rings. The average Bonchev–Trinajstić information content (AvgIpc) is 2.51. The quantitative estimate of drug-likeness (QED) is 0.845. The van der Waals surface area contributed by atoms with Crippen molar-refractivity contribution >= 4 is 0 Å². The van der Waals surface area contributed by atoms with Gasteiger partial charge in [-0.15, -0.1) is 0 Å². The number of rotatable bonds is 7. The molecule has 1 unspecified atom stereocenters. The Kier molecular flexibility index (Phi) is 5.58. The van der Waals surface area contributed by atoms with E-state index in [2.05, 4.69) is 0 Å². The summed E-state index contributed by atoms with van der Waals surface area (Å²) in [6, 6.07) is 13.3. The summed E-state index contributed by atoms with van der Waals surface area (Å²) in [5.74, 6) is 1.05. The zero-order chi connectivity index (χ0) is 15.1. The summed E-state index contributed by atoms with van der Waals surface area (Å²) in [5.41, 5.74) is 6.74. The highest BCUT2D eigenvalue weighted by Gasteiger charge is 2.10. The van der Waals surface area contributed by atoms with Gasteiger partial charge in [0.1, 0.15) is 12.4 Å². The van der Waals surface area contributed by atoms with Crippen LogP contribution >= 0.6 is 0 Å². The van der Waals surface area contributed by atoms with Crippen LogP contribution in [0.15, 0.2) is 48.5 Å².